The molecule has 2 N–H and O–H groups in total. The molecule has 0 saturated carbocycles. The number of nitrogens with two attached hydrogens (primary N) is 1. The first kappa shape index (κ1) is 12.0. The van der Waals surface area contributed by atoms with Crippen molar-refractivity contribution in [2.75, 3.05) is 13.2 Å². The van der Waals surface area contributed by atoms with Gasteiger partial charge in [-0.3, -0.25) is 0 Å². The minimum absolute atomic E-state index is 0.189. The van der Waals surface area contributed by atoms with Crippen molar-refractivity contribution < 1.29 is 9.13 Å². The van der Waals surface area contributed by atoms with Gasteiger partial charge in [0.1, 0.15) is 5.82 Å². The fraction of sp³-hybridized carbons (Fsp3) is 0.500. The van der Waals surface area contributed by atoms with Crippen molar-refractivity contribution in [1.29, 1.82) is 0 Å². The highest BCUT2D eigenvalue weighted by Gasteiger charge is 2.29. The van der Waals surface area contributed by atoms with Gasteiger partial charge >= 0.3 is 0 Å². The van der Waals surface area contributed by atoms with E-state index in [0.29, 0.717) is 25.2 Å². The molecule has 0 aromatic heterocycles. The second-order valence-electron chi connectivity index (χ2n) is 4.39. The summed E-state index contributed by atoms with van der Waals surface area (Å²) in [4.78, 5) is 0. The Hall–Kier alpha value is -0.450. The smallest absolute Gasteiger partial charge is 0.127 e. The van der Waals surface area contributed by atoms with Gasteiger partial charge in [-0.05, 0) is 37.0 Å². The largest absolute Gasteiger partial charge is 0.381 e. The number of halogens is 2. The van der Waals surface area contributed by atoms with Crippen LogP contribution in [0.2, 0.25) is 0 Å². The summed E-state index contributed by atoms with van der Waals surface area (Å²) >= 11 is 3.24. The first-order valence-electron chi connectivity index (χ1n) is 5.40. The van der Waals surface area contributed by atoms with Crippen LogP contribution in [0.1, 0.15) is 18.4 Å². The molecule has 1 saturated heterocycles. The lowest BCUT2D eigenvalue weighted by Crippen LogP contribution is -2.47. The van der Waals surface area contributed by atoms with Crippen LogP contribution in [-0.4, -0.2) is 18.8 Å². The standard InChI is InChI=1S/C12H15BrFNO/c13-10-2-1-9(11(14)7-10)8-12(15)3-5-16-6-4-12/h1-2,7H,3-6,8,15H2. The summed E-state index contributed by atoms with van der Waals surface area (Å²) in [6, 6.07) is 5.13. The summed E-state index contributed by atoms with van der Waals surface area (Å²) in [5.41, 5.74) is 6.61. The van der Waals surface area contributed by atoms with Gasteiger partial charge in [-0.1, -0.05) is 22.0 Å². The number of ether oxygens (including phenoxy) is 1. The molecule has 0 bridgehead atoms. The molecule has 0 radical (unpaired) electrons. The van der Waals surface area contributed by atoms with E-state index in [9.17, 15) is 4.39 Å². The molecule has 88 valence electrons. The van der Waals surface area contributed by atoms with Crippen LogP contribution in [0, 0.1) is 5.82 Å². The summed E-state index contributed by atoms with van der Waals surface area (Å²) in [5, 5.41) is 0. The number of hydrogen-bond acceptors (Lipinski definition) is 2. The Morgan fingerprint density at radius 3 is 2.69 bits per heavy atom. The average Bonchev–Trinajstić information content (AvgIpc) is 2.23. The van der Waals surface area contributed by atoms with Gasteiger partial charge in [-0.25, -0.2) is 4.39 Å². The Morgan fingerprint density at radius 2 is 2.06 bits per heavy atom. The summed E-state index contributed by atoms with van der Waals surface area (Å²) in [6.07, 6.45) is 2.17. The van der Waals surface area contributed by atoms with Crippen LogP contribution in [0.5, 0.6) is 0 Å². The van der Waals surface area contributed by atoms with Gasteiger partial charge in [0, 0.05) is 23.2 Å². The second kappa shape index (κ2) is 4.82. The minimum Gasteiger partial charge on any atom is -0.381 e. The molecule has 1 fully saturated rings. The van der Waals surface area contributed by atoms with E-state index in [2.05, 4.69) is 15.9 Å². The third-order valence-electron chi connectivity index (χ3n) is 3.05. The van der Waals surface area contributed by atoms with Gasteiger partial charge < -0.3 is 10.5 Å². The van der Waals surface area contributed by atoms with Crippen LogP contribution in [0.25, 0.3) is 0 Å². The molecule has 2 nitrogen and oxygen atoms in total. The van der Waals surface area contributed by atoms with Crippen molar-refractivity contribution in [1.82, 2.24) is 0 Å². The molecule has 1 aliphatic heterocycles. The van der Waals surface area contributed by atoms with Crippen molar-refractivity contribution in [3.63, 3.8) is 0 Å². The van der Waals surface area contributed by atoms with Crippen molar-refractivity contribution in [3.05, 3.63) is 34.1 Å². The Bertz CT molecular complexity index is 377. The van der Waals surface area contributed by atoms with E-state index in [0.717, 1.165) is 17.3 Å². The Labute approximate surface area is 103 Å². The number of rotatable bonds is 2. The summed E-state index contributed by atoms with van der Waals surface area (Å²) in [6.45, 7) is 1.35. The van der Waals surface area contributed by atoms with Gasteiger partial charge in [-0.2, -0.15) is 0 Å². The van der Waals surface area contributed by atoms with Gasteiger partial charge in [0.2, 0.25) is 0 Å². The van der Waals surface area contributed by atoms with Crippen LogP contribution >= 0.6 is 15.9 Å². The van der Waals surface area contributed by atoms with E-state index in [4.69, 9.17) is 10.5 Å². The lowest BCUT2D eigenvalue weighted by Gasteiger charge is -2.33. The molecular formula is C12H15BrFNO. The van der Waals surface area contributed by atoms with Crippen LogP contribution in [0.3, 0.4) is 0 Å². The Balaban J connectivity index is 2.13. The van der Waals surface area contributed by atoms with Crippen LogP contribution < -0.4 is 5.73 Å². The summed E-state index contributed by atoms with van der Waals surface area (Å²) in [5.74, 6) is -0.189. The number of hydrogen-bond donors (Lipinski definition) is 1. The third kappa shape index (κ3) is 2.81. The van der Waals surface area contributed by atoms with Gasteiger partial charge in [0.15, 0.2) is 0 Å². The van der Waals surface area contributed by atoms with Crippen molar-refractivity contribution in [3.8, 4) is 0 Å². The van der Waals surface area contributed by atoms with E-state index in [1.54, 1.807) is 6.07 Å². The molecule has 16 heavy (non-hydrogen) atoms. The van der Waals surface area contributed by atoms with Crippen molar-refractivity contribution >= 4 is 15.9 Å². The maximum Gasteiger partial charge on any atom is 0.127 e. The molecule has 0 aliphatic carbocycles. The zero-order valence-electron chi connectivity index (χ0n) is 9.01. The topological polar surface area (TPSA) is 35.2 Å². The van der Waals surface area contributed by atoms with E-state index in [1.807, 2.05) is 6.07 Å². The maximum absolute atomic E-state index is 13.7. The third-order valence-corrected chi connectivity index (χ3v) is 3.54. The number of benzene rings is 1. The fourth-order valence-corrected chi connectivity index (χ4v) is 2.33. The summed E-state index contributed by atoms with van der Waals surface area (Å²) in [7, 11) is 0. The summed E-state index contributed by atoms with van der Waals surface area (Å²) < 4.78 is 19.7. The predicted molar refractivity (Wildman–Crippen MR) is 64.8 cm³/mol. The Kier molecular flexibility index (Phi) is 3.62. The highest BCUT2D eigenvalue weighted by Crippen LogP contribution is 2.25. The molecule has 1 heterocycles. The zero-order valence-corrected chi connectivity index (χ0v) is 10.6. The molecule has 0 spiro atoms. The highest BCUT2D eigenvalue weighted by molar-refractivity contribution is 9.10. The molecule has 1 aromatic carbocycles. The van der Waals surface area contributed by atoms with Crippen molar-refractivity contribution in [2.45, 2.75) is 24.8 Å². The Morgan fingerprint density at radius 1 is 1.38 bits per heavy atom. The van der Waals surface area contributed by atoms with Crippen LogP contribution in [0.4, 0.5) is 4.39 Å². The molecule has 0 amide bonds. The lowest BCUT2D eigenvalue weighted by atomic mass is 9.85. The van der Waals surface area contributed by atoms with Crippen molar-refractivity contribution in [2.24, 2.45) is 5.73 Å². The molecule has 1 aliphatic rings. The van der Waals surface area contributed by atoms with Gasteiger partial charge in [0.05, 0.1) is 0 Å². The molecule has 1 aromatic rings. The predicted octanol–water partition coefficient (Wildman–Crippen LogP) is 2.64. The molecule has 2 rings (SSSR count). The van der Waals surface area contributed by atoms with Gasteiger partial charge in [0.25, 0.3) is 0 Å². The molecule has 0 atom stereocenters. The average molecular weight is 288 g/mol. The fourth-order valence-electron chi connectivity index (χ4n) is 2.00. The van der Waals surface area contributed by atoms with Gasteiger partial charge in [-0.15, -0.1) is 0 Å². The van der Waals surface area contributed by atoms with E-state index in [1.165, 1.54) is 6.07 Å². The van der Waals surface area contributed by atoms with Crippen LogP contribution in [0.15, 0.2) is 22.7 Å². The maximum atomic E-state index is 13.7. The SMILES string of the molecule is NC1(Cc2ccc(Br)cc2F)CCOCC1. The van der Waals surface area contributed by atoms with E-state index >= 15 is 0 Å². The molecule has 4 heteroatoms. The van der Waals surface area contributed by atoms with E-state index < -0.39 is 0 Å². The van der Waals surface area contributed by atoms with E-state index in [-0.39, 0.29) is 11.4 Å². The highest BCUT2D eigenvalue weighted by atomic mass is 79.9. The lowest BCUT2D eigenvalue weighted by molar-refractivity contribution is 0.0531. The normalized spacial score (nSPS) is 19.7. The second-order valence-corrected chi connectivity index (χ2v) is 5.30. The monoisotopic (exact) mass is 287 g/mol. The first-order valence-corrected chi connectivity index (χ1v) is 6.19. The first-order chi connectivity index (χ1) is 7.59. The molecular weight excluding hydrogens is 273 g/mol. The minimum atomic E-state index is -0.313. The quantitative estimate of drug-likeness (QED) is 0.908. The molecule has 0 unspecified atom stereocenters. The zero-order chi connectivity index (χ0) is 11.6. The van der Waals surface area contributed by atoms with Crippen LogP contribution in [-0.2, 0) is 11.2 Å².